The van der Waals surface area contributed by atoms with E-state index in [2.05, 4.69) is 15.9 Å². The molecule has 4 fully saturated rings. The lowest BCUT2D eigenvalue weighted by atomic mass is 9.54. The fourth-order valence-corrected chi connectivity index (χ4v) is 6.62. The standard InChI is InChI=1S/C20H21BrO4/c21-16-3-1-2-14-15(16)10-20(24,17(14)22)18(23)25-19-7-11-4-12(8-19)6-13(5-11)9-19/h1-3,11-13,24H,4-10H2/t11?,12?,13?,19?,20-/m0/s1. The first-order chi connectivity index (χ1) is 11.9. The zero-order chi connectivity index (χ0) is 17.4. The SMILES string of the molecule is O=C(OC12CC3CC(CC(C3)C1)C2)[C@]1(O)Cc2c(Br)cccc2C1=O. The predicted molar refractivity (Wildman–Crippen MR) is 94.1 cm³/mol. The monoisotopic (exact) mass is 404 g/mol. The number of halogens is 1. The van der Waals surface area contributed by atoms with Crippen LogP contribution >= 0.6 is 15.9 Å². The average molecular weight is 405 g/mol. The number of esters is 1. The maximum Gasteiger partial charge on any atom is 0.347 e. The minimum absolute atomic E-state index is 0.00616. The molecule has 0 spiro atoms. The van der Waals surface area contributed by atoms with Crippen LogP contribution in [-0.4, -0.2) is 28.1 Å². The van der Waals surface area contributed by atoms with Crippen molar-refractivity contribution in [2.45, 2.75) is 56.1 Å². The highest BCUT2D eigenvalue weighted by molar-refractivity contribution is 9.10. The maximum absolute atomic E-state index is 12.9. The smallest absolute Gasteiger partial charge is 0.347 e. The van der Waals surface area contributed by atoms with E-state index in [1.807, 2.05) is 6.07 Å². The van der Waals surface area contributed by atoms with Gasteiger partial charge in [-0.1, -0.05) is 28.1 Å². The number of carbonyl (C=O) groups excluding carboxylic acids is 2. The Morgan fingerprint density at radius 2 is 1.72 bits per heavy atom. The molecule has 5 heteroatoms. The minimum Gasteiger partial charge on any atom is -0.457 e. The Kier molecular flexibility index (Phi) is 3.31. The van der Waals surface area contributed by atoms with Gasteiger partial charge in [-0.15, -0.1) is 0 Å². The van der Waals surface area contributed by atoms with Gasteiger partial charge in [-0.2, -0.15) is 0 Å². The zero-order valence-electron chi connectivity index (χ0n) is 14.0. The predicted octanol–water partition coefficient (Wildman–Crippen LogP) is 3.43. The molecular formula is C20H21BrO4. The minimum atomic E-state index is -2.07. The van der Waals surface area contributed by atoms with Gasteiger partial charge in [0.1, 0.15) is 5.60 Å². The number of benzene rings is 1. The summed E-state index contributed by atoms with van der Waals surface area (Å²) >= 11 is 3.41. The van der Waals surface area contributed by atoms with Crippen molar-refractivity contribution in [2.24, 2.45) is 17.8 Å². The van der Waals surface area contributed by atoms with Crippen LogP contribution in [0.1, 0.15) is 54.4 Å². The molecule has 1 aromatic carbocycles. The first kappa shape index (κ1) is 16.0. The Labute approximate surface area is 155 Å². The molecule has 0 saturated heterocycles. The Bertz CT molecular complexity index is 751. The Morgan fingerprint density at radius 1 is 1.12 bits per heavy atom. The molecule has 5 aliphatic rings. The molecular weight excluding hydrogens is 384 g/mol. The molecule has 0 aromatic heterocycles. The number of Topliss-reactive ketones (excluding diaryl/α,β-unsaturated/α-hetero) is 1. The second kappa shape index (κ2) is 5.17. The van der Waals surface area contributed by atoms with E-state index in [0.717, 1.165) is 23.7 Å². The molecule has 0 unspecified atom stereocenters. The molecule has 6 rings (SSSR count). The fraction of sp³-hybridized carbons (Fsp3) is 0.600. The molecule has 1 N–H and O–H groups in total. The highest BCUT2D eigenvalue weighted by atomic mass is 79.9. The van der Waals surface area contributed by atoms with Gasteiger partial charge in [-0.3, -0.25) is 4.79 Å². The number of aliphatic hydroxyl groups is 1. The second-order valence-corrected chi connectivity index (χ2v) is 9.48. The largest absolute Gasteiger partial charge is 0.457 e. The van der Waals surface area contributed by atoms with Gasteiger partial charge in [0.2, 0.25) is 11.4 Å². The van der Waals surface area contributed by atoms with E-state index in [1.54, 1.807) is 12.1 Å². The summed E-state index contributed by atoms with van der Waals surface area (Å²) in [6.07, 6.45) is 6.42. The van der Waals surface area contributed by atoms with Crippen molar-refractivity contribution in [1.82, 2.24) is 0 Å². The molecule has 1 atom stereocenters. The average Bonchev–Trinajstić information content (AvgIpc) is 2.80. The number of hydrogen-bond donors (Lipinski definition) is 1. The molecule has 4 bridgehead atoms. The van der Waals surface area contributed by atoms with Gasteiger partial charge in [-0.25, -0.2) is 4.79 Å². The normalized spacial score (nSPS) is 41.0. The molecule has 1 aromatic rings. The first-order valence-electron chi connectivity index (χ1n) is 9.17. The first-order valence-corrected chi connectivity index (χ1v) is 9.96. The van der Waals surface area contributed by atoms with Gasteiger partial charge < -0.3 is 9.84 Å². The van der Waals surface area contributed by atoms with Gasteiger partial charge in [0.25, 0.3) is 0 Å². The van der Waals surface area contributed by atoms with E-state index >= 15 is 0 Å². The summed E-state index contributed by atoms with van der Waals surface area (Å²) in [4.78, 5) is 25.7. The lowest BCUT2D eigenvalue weighted by molar-refractivity contribution is -0.199. The van der Waals surface area contributed by atoms with Gasteiger partial charge in [0, 0.05) is 16.5 Å². The van der Waals surface area contributed by atoms with Crippen molar-refractivity contribution >= 4 is 27.7 Å². The van der Waals surface area contributed by atoms with Crippen LogP contribution in [0.2, 0.25) is 0 Å². The van der Waals surface area contributed by atoms with Crippen molar-refractivity contribution < 1.29 is 19.4 Å². The summed E-state index contributed by atoms with van der Waals surface area (Å²) in [6, 6.07) is 5.23. The van der Waals surface area contributed by atoms with Gasteiger partial charge in [0.15, 0.2) is 0 Å². The van der Waals surface area contributed by atoms with Crippen molar-refractivity contribution in [2.75, 3.05) is 0 Å². The molecule has 0 amide bonds. The van der Waals surface area contributed by atoms with Gasteiger partial charge in [-0.05, 0) is 67.9 Å². The molecule has 0 heterocycles. The summed E-state index contributed by atoms with van der Waals surface area (Å²) in [5.41, 5.74) is -1.42. The highest BCUT2D eigenvalue weighted by Crippen LogP contribution is 2.57. The van der Waals surface area contributed by atoms with E-state index in [4.69, 9.17) is 4.74 Å². The van der Waals surface area contributed by atoms with E-state index < -0.39 is 23.0 Å². The Balaban J connectivity index is 1.42. The number of ketones is 1. The summed E-state index contributed by atoms with van der Waals surface area (Å²) < 4.78 is 6.70. The van der Waals surface area contributed by atoms with Crippen LogP contribution in [0.3, 0.4) is 0 Å². The quantitative estimate of drug-likeness (QED) is 0.605. The third kappa shape index (κ3) is 2.28. The zero-order valence-corrected chi connectivity index (χ0v) is 15.5. The van der Waals surface area contributed by atoms with Crippen LogP contribution in [0.4, 0.5) is 0 Å². The molecule has 25 heavy (non-hydrogen) atoms. The van der Waals surface area contributed by atoms with Crippen LogP contribution in [0.15, 0.2) is 22.7 Å². The van der Waals surface area contributed by atoms with E-state index in [0.29, 0.717) is 28.9 Å². The maximum atomic E-state index is 12.9. The van der Waals surface area contributed by atoms with Crippen molar-refractivity contribution in [3.05, 3.63) is 33.8 Å². The van der Waals surface area contributed by atoms with Crippen LogP contribution in [-0.2, 0) is 16.0 Å². The fourth-order valence-electron chi connectivity index (χ4n) is 6.11. The summed E-state index contributed by atoms with van der Waals surface area (Å²) in [7, 11) is 0. The molecule has 5 aliphatic carbocycles. The third-order valence-corrected chi connectivity index (χ3v) is 7.54. The van der Waals surface area contributed by atoms with Gasteiger partial charge >= 0.3 is 5.97 Å². The van der Waals surface area contributed by atoms with Crippen LogP contribution < -0.4 is 0 Å². The van der Waals surface area contributed by atoms with E-state index in [-0.39, 0.29) is 6.42 Å². The lowest BCUT2D eigenvalue weighted by Gasteiger charge is -2.56. The van der Waals surface area contributed by atoms with Crippen molar-refractivity contribution in [3.8, 4) is 0 Å². The van der Waals surface area contributed by atoms with E-state index in [9.17, 15) is 14.7 Å². The number of fused-ring (bicyclic) bond motifs is 1. The van der Waals surface area contributed by atoms with Gasteiger partial charge in [0.05, 0.1) is 0 Å². The molecule has 0 aliphatic heterocycles. The molecule has 4 saturated carbocycles. The number of carbonyl (C=O) groups is 2. The number of hydrogen-bond acceptors (Lipinski definition) is 4. The van der Waals surface area contributed by atoms with Crippen LogP contribution in [0.5, 0.6) is 0 Å². The second-order valence-electron chi connectivity index (χ2n) is 8.62. The topological polar surface area (TPSA) is 63.6 Å². The van der Waals surface area contributed by atoms with Crippen molar-refractivity contribution in [3.63, 3.8) is 0 Å². The molecule has 4 nitrogen and oxygen atoms in total. The van der Waals surface area contributed by atoms with Crippen LogP contribution in [0, 0.1) is 17.8 Å². The van der Waals surface area contributed by atoms with Crippen molar-refractivity contribution in [1.29, 1.82) is 0 Å². The number of ether oxygens (including phenoxy) is 1. The Morgan fingerprint density at radius 3 is 2.28 bits per heavy atom. The Hall–Kier alpha value is -1.20. The molecule has 0 radical (unpaired) electrons. The lowest BCUT2D eigenvalue weighted by Crippen LogP contribution is -2.56. The van der Waals surface area contributed by atoms with Crippen LogP contribution in [0.25, 0.3) is 0 Å². The number of rotatable bonds is 2. The summed E-state index contributed by atoms with van der Waals surface area (Å²) in [5, 5.41) is 10.9. The summed E-state index contributed by atoms with van der Waals surface area (Å²) in [5.74, 6) is 0.638. The van der Waals surface area contributed by atoms with E-state index in [1.165, 1.54) is 19.3 Å². The highest BCUT2D eigenvalue weighted by Gasteiger charge is 2.58. The summed E-state index contributed by atoms with van der Waals surface area (Å²) in [6.45, 7) is 0. The molecule has 132 valence electrons. The third-order valence-electron chi connectivity index (χ3n) is 6.80.